The number of aliphatic hydroxyl groups is 1. The lowest BCUT2D eigenvalue weighted by Crippen LogP contribution is -2.51. The van der Waals surface area contributed by atoms with E-state index in [2.05, 4.69) is 40.7 Å². The van der Waals surface area contributed by atoms with Crippen LogP contribution < -0.4 is 0 Å². The molecule has 0 aromatic carbocycles. The fourth-order valence-corrected chi connectivity index (χ4v) is 8.73. The van der Waals surface area contributed by atoms with Crippen LogP contribution in [0.2, 0.25) is 0 Å². The van der Waals surface area contributed by atoms with Crippen LogP contribution in [0.25, 0.3) is 0 Å². The predicted molar refractivity (Wildman–Crippen MR) is 119 cm³/mol. The summed E-state index contributed by atoms with van der Waals surface area (Å²) in [6.07, 6.45) is 17.1. The summed E-state index contributed by atoms with van der Waals surface area (Å²) < 4.78 is 0. The van der Waals surface area contributed by atoms with Gasteiger partial charge in [0.25, 0.3) is 0 Å². The van der Waals surface area contributed by atoms with Crippen molar-refractivity contribution in [3.05, 3.63) is 11.6 Å². The quantitative estimate of drug-likeness (QED) is 0.488. The summed E-state index contributed by atoms with van der Waals surface area (Å²) in [6.45, 7) is 12.6. The van der Waals surface area contributed by atoms with Crippen molar-refractivity contribution in [1.29, 1.82) is 0 Å². The molecule has 1 N–H and O–H groups in total. The van der Waals surface area contributed by atoms with Gasteiger partial charge in [0.2, 0.25) is 0 Å². The summed E-state index contributed by atoms with van der Waals surface area (Å²) in [6, 6.07) is 0. The summed E-state index contributed by atoms with van der Waals surface area (Å²) in [5, 5.41) is 10.2. The van der Waals surface area contributed by atoms with E-state index >= 15 is 0 Å². The van der Waals surface area contributed by atoms with E-state index in [1.807, 2.05) is 0 Å². The van der Waals surface area contributed by atoms with Crippen LogP contribution in [0.15, 0.2) is 11.6 Å². The molecule has 1 nitrogen and oxygen atoms in total. The molecule has 160 valence electrons. The molecule has 1 heteroatoms. The molecule has 0 aromatic heterocycles. The Morgan fingerprint density at radius 3 is 2.50 bits per heavy atom. The lowest BCUT2D eigenvalue weighted by Gasteiger charge is -2.59. The van der Waals surface area contributed by atoms with Crippen molar-refractivity contribution in [1.82, 2.24) is 0 Å². The second-order valence-corrected chi connectivity index (χ2v) is 12.2. The van der Waals surface area contributed by atoms with Gasteiger partial charge in [0.1, 0.15) is 0 Å². The third kappa shape index (κ3) is 3.42. The van der Waals surface area contributed by atoms with Crippen LogP contribution in [-0.2, 0) is 0 Å². The van der Waals surface area contributed by atoms with E-state index in [0.29, 0.717) is 10.8 Å². The van der Waals surface area contributed by atoms with Crippen LogP contribution >= 0.6 is 0 Å². The van der Waals surface area contributed by atoms with Crippen molar-refractivity contribution in [2.24, 2.45) is 46.3 Å². The van der Waals surface area contributed by atoms with E-state index in [9.17, 15) is 5.11 Å². The molecule has 0 bridgehead atoms. The fraction of sp³-hybridized carbons (Fsp3) is 0.926. The largest absolute Gasteiger partial charge is 0.389 e. The molecule has 28 heavy (non-hydrogen) atoms. The number of hydrogen-bond acceptors (Lipinski definition) is 1. The van der Waals surface area contributed by atoms with E-state index < -0.39 is 0 Å². The Balaban J connectivity index is 1.48. The number of hydrogen-bond donors (Lipinski definition) is 1. The van der Waals surface area contributed by atoms with E-state index in [0.717, 1.165) is 41.9 Å². The Morgan fingerprint density at radius 1 is 0.964 bits per heavy atom. The topological polar surface area (TPSA) is 20.2 Å². The average Bonchev–Trinajstić information content (AvgIpc) is 2.99. The maximum atomic E-state index is 10.2. The zero-order valence-corrected chi connectivity index (χ0v) is 19.3. The molecule has 0 saturated heterocycles. The molecule has 4 aliphatic carbocycles. The Bertz CT molecular complexity index is 591. The highest BCUT2D eigenvalue weighted by Crippen LogP contribution is 2.67. The molecule has 3 fully saturated rings. The molecule has 3 saturated carbocycles. The van der Waals surface area contributed by atoms with Crippen LogP contribution in [0.3, 0.4) is 0 Å². The number of rotatable bonds is 5. The van der Waals surface area contributed by atoms with Crippen molar-refractivity contribution in [2.45, 2.75) is 111 Å². The molecule has 0 aromatic rings. The van der Waals surface area contributed by atoms with Gasteiger partial charge in [-0.1, -0.05) is 65.5 Å². The second kappa shape index (κ2) is 7.75. The lowest BCUT2D eigenvalue weighted by molar-refractivity contribution is -0.0626. The number of fused-ring (bicyclic) bond motifs is 5. The summed E-state index contributed by atoms with van der Waals surface area (Å²) >= 11 is 0. The Labute approximate surface area is 174 Å². The molecule has 0 heterocycles. The third-order valence-corrected chi connectivity index (χ3v) is 10.3. The number of allylic oxidation sites excluding steroid dienone is 1. The maximum Gasteiger partial charge on any atom is 0.0724 e. The molecule has 0 unspecified atom stereocenters. The highest BCUT2D eigenvalue weighted by molar-refractivity contribution is 5.25. The average molecular weight is 387 g/mol. The van der Waals surface area contributed by atoms with Gasteiger partial charge in [0.15, 0.2) is 0 Å². The maximum absolute atomic E-state index is 10.2. The molecule has 4 rings (SSSR count). The number of aliphatic hydroxyl groups excluding tert-OH is 1. The molecule has 4 aliphatic rings. The van der Waals surface area contributed by atoms with Gasteiger partial charge in [-0.3, -0.25) is 0 Å². The van der Waals surface area contributed by atoms with Crippen LogP contribution in [-0.4, -0.2) is 11.2 Å². The summed E-state index contributed by atoms with van der Waals surface area (Å²) in [4.78, 5) is 0. The molecular weight excluding hydrogens is 340 g/mol. The van der Waals surface area contributed by atoms with Crippen molar-refractivity contribution in [2.75, 3.05) is 0 Å². The standard InChI is InChI=1S/C27H46O/c1-18(2)7-6-8-19(3)23-11-12-24-22-10-9-20-17-21(28)13-15-26(20,4)25(22)14-16-27(23,24)5/h17-19,21-25,28H,6-16H2,1-5H3/t19-,21-,22+,23-,24+,25+,26-,27+/m0/s1. The Morgan fingerprint density at radius 2 is 1.75 bits per heavy atom. The highest BCUT2D eigenvalue weighted by Gasteiger charge is 2.59. The van der Waals surface area contributed by atoms with Gasteiger partial charge in [-0.05, 0) is 97.7 Å². The first-order chi connectivity index (χ1) is 13.3. The van der Waals surface area contributed by atoms with E-state index in [1.54, 1.807) is 5.57 Å². The first kappa shape index (κ1) is 21.0. The first-order valence-electron chi connectivity index (χ1n) is 12.6. The van der Waals surface area contributed by atoms with Gasteiger partial charge in [-0.2, -0.15) is 0 Å². The fourth-order valence-electron chi connectivity index (χ4n) is 8.73. The third-order valence-electron chi connectivity index (χ3n) is 10.3. The molecule has 0 radical (unpaired) electrons. The second-order valence-electron chi connectivity index (χ2n) is 12.2. The van der Waals surface area contributed by atoms with E-state index in [-0.39, 0.29) is 6.10 Å². The Hall–Kier alpha value is -0.300. The van der Waals surface area contributed by atoms with E-state index in [1.165, 1.54) is 64.2 Å². The molecule has 0 amide bonds. The summed E-state index contributed by atoms with van der Waals surface area (Å²) in [7, 11) is 0. The van der Waals surface area contributed by atoms with Gasteiger partial charge in [0.05, 0.1) is 6.10 Å². The van der Waals surface area contributed by atoms with E-state index in [4.69, 9.17) is 0 Å². The monoisotopic (exact) mass is 386 g/mol. The van der Waals surface area contributed by atoms with Gasteiger partial charge in [-0.15, -0.1) is 0 Å². The molecule has 0 spiro atoms. The van der Waals surface area contributed by atoms with Crippen LogP contribution in [0.1, 0.15) is 105 Å². The van der Waals surface area contributed by atoms with Crippen LogP contribution in [0.5, 0.6) is 0 Å². The first-order valence-corrected chi connectivity index (χ1v) is 12.6. The van der Waals surface area contributed by atoms with Gasteiger partial charge in [-0.25, -0.2) is 0 Å². The predicted octanol–water partition coefficient (Wildman–Crippen LogP) is 7.39. The van der Waals surface area contributed by atoms with Gasteiger partial charge >= 0.3 is 0 Å². The van der Waals surface area contributed by atoms with Crippen molar-refractivity contribution in [3.63, 3.8) is 0 Å². The summed E-state index contributed by atoms with van der Waals surface area (Å²) in [5.74, 6) is 5.52. The highest BCUT2D eigenvalue weighted by atomic mass is 16.3. The molecular formula is C27H46O. The zero-order valence-electron chi connectivity index (χ0n) is 19.3. The van der Waals surface area contributed by atoms with Crippen LogP contribution in [0, 0.1) is 46.3 Å². The molecule has 0 aliphatic heterocycles. The minimum Gasteiger partial charge on any atom is -0.389 e. The van der Waals surface area contributed by atoms with Gasteiger partial charge in [0, 0.05) is 0 Å². The SMILES string of the molecule is CC(C)CCC[C@H](C)[C@@H]1CC[C@@H]2[C@H]3CCC4=C[C@@H](O)CC[C@]4(C)[C@@H]3CC[C@@]21C. The van der Waals surface area contributed by atoms with Crippen molar-refractivity contribution in [3.8, 4) is 0 Å². The lowest BCUT2D eigenvalue weighted by atomic mass is 9.46. The van der Waals surface area contributed by atoms with Gasteiger partial charge < -0.3 is 5.11 Å². The Kier molecular flexibility index (Phi) is 5.80. The van der Waals surface area contributed by atoms with Crippen molar-refractivity contribution < 1.29 is 5.11 Å². The smallest absolute Gasteiger partial charge is 0.0724 e. The minimum atomic E-state index is -0.170. The zero-order chi connectivity index (χ0) is 20.1. The summed E-state index contributed by atoms with van der Waals surface area (Å²) in [5.41, 5.74) is 2.61. The minimum absolute atomic E-state index is 0.170. The molecule has 8 atom stereocenters. The normalized spacial score (nSPS) is 46.5. The van der Waals surface area contributed by atoms with Crippen LogP contribution in [0.4, 0.5) is 0 Å². The van der Waals surface area contributed by atoms with Crippen molar-refractivity contribution >= 4 is 0 Å².